The van der Waals surface area contributed by atoms with E-state index in [9.17, 15) is 19.2 Å². The number of rotatable bonds is 4. The Labute approximate surface area is 171 Å². The topological polar surface area (TPSA) is 119 Å². The molecule has 0 saturated carbocycles. The molecule has 1 aliphatic heterocycles. The summed E-state index contributed by atoms with van der Waals surface area (Å²) >= 11 is 1.09. The number of urea groups is 1. The average Bonchev–Trinajstić information content (AvgIpc) is 2.84. The second-order valence-corrected chi connectivity index (χ2v) is 7.93. The summed E-state index contributed by atoms with van der Waals surface area (Å²) in [6.07, 6.45) is 2.54. The Bertz CT molecular complexity index is 1030. The zero-order valence-electron chi connectivity index (χ0n) is 16.7. The van der Waals surface area contributed by atoms with Crippen LogP contribution in [-0.4, -0.2) is 40.1 Å². The van der Waals surface area contributed by atoms with Crippen LogP contribution in [0.3, 0.4) is 0 Å². The third kappa shape index (κ3) is 4.31. The number of hydrogen-bond acceptors (Lipinski definition) is 7. The summed E-state index contributed by atoms with van der Waals surface area (Å²) in [6.45, 7) is 5.77. The molecule has 1 aliphatic rings. The number of esters is 1. The van der Waals surface area contributed by atoms with Gasteiger partial charge in [0.2, 0.25) is 0 Å². The van der Waals surface area contributed by atoms with Crippen LogP contribution in [-0.2, 0) is 22.5 Å². The number of amides is 3. The SMILES string of the molecule is CCNC(=O)NC(=O)C(C)OC(=O)c1sc2nc3n(c(=O)c2c1C)CCCCC3. The lowest BCUT2D eigenvalue weighted by molar-refractivity contribution is -0.127. The summed E-state index contributed by atoms with van der Waals surface area (Å²) in [6, 6.07) is -0.655. The maximum absolute atomic E-state index is 13.0. The molecule has 3 rings (SSSR count). The molecule has 9 nitrogen and oxygen atoms in total. The van der Waals surface area contributed by atoms with E-state index in [1.54, 1.807) is 18.4 Å². The smallest absolute Gasteiger partial charge is 0.349 e. The van der Waals surface area contributed by atoms with Crippen molar-refractivity contribution in [2.75, 3.05) is 6.54 Å². The molecule has 0 fully saturated rings. The highest BCUT2D eigenvalue weighted by Crippen LogP contribution is 2.29. The molecule has 2 aromatic rings. The summed E-state index contributed by atoms with van der Waals surface area (Å²) in [5.74, 6) is -0.701. The van der Waals surface area contributed by atoms with Crippen LogP contribution >= 0.6 is 11.3 Å². The molecule has 29 heavy (non-hydrogen) atoms. The summed E-state index contributed by atoms with van der Waals surface area (Å²) in [5, 5.41) is 4.95. The van der Waals surface area contributed by atoms with Crippen LogP contribution in [0.1, 0.15) is 54.2 Å². The first-order valence-electron chi connectivity index (χ1n) is 9.66. The van der Waals surface area contributed by atoms with Gasteiger partial charge in [-0.15, -0.1) is 11.3 Å². The Kier molecular flexibility index (Phi) is 6.31. The Morgan fingerprint density at radius 2 is 2.03 bits per heavy atom. The highest BCUT2D eigenvalue weighted by atomic mass is 32.1. The maximum Gasteiger partial charge on any atom is 0.349 e. The monoisotopic (exact) mass is 420 g/mol. The molecule has 3 amide bonds. The number of imide groups is 1. The number of ether oxygens (including phenoxy) is 1. The van der Waals surface area contributed by atoms with Gasteiger partial charge in [0.05, 0.1) is 5.39 Å². The molecule has 0 spiro atoms. The van der Waals surface area contributed by atoms with E-state index < -0.39 is 24.0 Å². The quantitative estimate of drug-likeness (QED) is 0.729. The molecule has 0 aromatic carbocycles. The van der Waals surface area contributed by atoms with E-state index in [1.807, 2.05) is 0 Å². The number of carbonyl (C=O) groups excluding carboxylic acids is 3. The molecule has 0 saturated heterocycles. The van der Waals surface area contributed by atoms with E-state index in [2.05, 4.69) is 15.6 Å². The number of hydrogen-bond donors (Lipinski definition) is 2. The van der Waals surface area contributed by atoms with Crippen molar-refractivity contribution in [3.05, 3.63) is 26.6 Å². The number of carbonyl (C=O) groups is 3. The third-order valence-electron chi connectivity index (χ3n) is 4.82. The fourth-order valence-corrected chi connectivity index (χ4v) is 4.36. The number of nitrogens with one attached hydrogen (secondary N) is 2. The van der Waals surface area contributed by atoms with Crippen molar-refractivity contribution >= 4 is 39.5 Å². The Morgan fingerprint density at radius 3 is 2.76 bits per heavy atom. The first-order valence-corrected chi connectivity index (χ1v) is 10.5. The van der Waals surface area contributed by atoms with E-state index in [4.69, 9.17) is 4.74 Å². The lowest BCUT2D eigenvalue weighted by Crippen LogP contribution is -2.44. The van der Waals surface area contributed by atoms with Crippen LogP contribution in [0, 0.1) is 6.92 Å². The third-order valence-corrected chi connectivity index (χ3v) is 5.99. The van der Waals surface area contributed by atoms with E-state index >= 15 is 0 Å². The molecule has 3 heterocycles. The van der Waals surface area contributed by atoms with E-state index in [0.717, 1.165) is 42.8 Å². The number of aryl methyl sites for hydroxylation is 2. The van der Waals surface area contributed by atoms with Crippen LogP contribution in [0.15, 0.2) is 4.79 Å². The molecule has 10 heteroatoms. The Balaban J connectivity index is 1.84. The van der Waals surface area contributed by atoms with Crippen molar-refractivity contribution in [3.63, 3.8) is 0 Å². The van der Waals surface area contributed by atoms with Gasteiger partial charge in [-0.3, -0.25) is 19.5 Å². The molecule has 1 unspecified atom stereocenters. The Morgan fingerprint density at radius 1 is 1.28 bits per heavy atom. The minimum absolute atomic E-state index is 0.137. The molecule has 0 radical (unpaired) electrons. The normalized spacial score (nSPS) is 14.6. The van der Waals surface area contributed by atoms with Crippen molar-refractivity contribution < 1.29 is 19.1 Å². The summed E-state index contributed by atoms with van der Waals surface area (Å²) in [4.78, 5) is 54.4. The number of nitrogens with zero attached hydrogens (tertiary/aromatic N) is 2. The van der Waals surface area contributed by atoms with Gasteiger partial charge in [0, 0.05) is 19.5 Å². The first-order chi connectivity index (χ1) is 13.8. The van der Waals surface area contributed by atoms with Crippen LogP contribution in [0.25, 0.3) is 10.2 Å². The second-order valence-electron chi connectivity index (χ2n) is 6.93. The van der Waals surface area contributed by atoms with Crippen molar-refractivity contribution in [1.29, 1.82) is 0 Å². The van der Waals surface area contributed by atoms with Gasteiger partial charge in [0.25, 0.3) is 11.5 Å². The molecule has 156 valence electrons. The molecule has 0 aliphatic carbocycles. The molecular formula is C19H24N4O5S. The van der Waals surface area contributed by atoms with E-state index in [1.165, 1.54) is 6.92 Å². The van der Waals surface area contributed by atoms with Crippen LogP contribution in [0.5, 0.6) is 0 Å². The summed E-state index contributed by atoms with van der Waals surface area (Å²) in [7, 11) is 0. The number of aromatic nitrogens is 2. The van der Waals surface area contributed by atoms with Crippen LogP contribution in [0.4, 0.5) is 4.79 Å². The number of fused-ring (bicyclic) bond motifs is 2. The minimum Gasteiger partial charge on any atom is -0.448 e. The van der Waals surface area contributed by atoms with Gasteiger partial charge in [0.1, 0.15) is 15.5 Å². The van der Waals surface area contributed by atoms with Crippen molar-refractivity contribution in [2.45, 2.75) is 59.1 Å². The molecular weight excluding hydrogens is 396 g/mol. The van der Waals surface area contributed by atoms with Crippen molar-refractivity contribution in [2.24, 2.45) is 0 Å². The lowest BCUT2D eigenvalue weighted by atomic mass is 10.2. The van der Waals surface area contributed by atoms with E-state index in [-0.39, 0.29) is 10.4 Å². The molecule has 0 bridgehead atoms. The predicted octanol–water partition coefficient (Wildman–Crippen LogP) is 1.88. The van der Waals surface area contributed by atoms with Crippen molar-refractivity contribution in [1.82, 2.24) is 20.2 Å². The minimum atomic E-state index is -1.17. The van der Waals surface area contributed by atoms with Crippen LogP contribution < -0.4 is 16.2 Å². The standard InChI is InChI=1S/C19H24N4O5S/c1-4-20-19(27)22-15(24)11(3)28-18(26)14-10(2)13-16(29-14)21-12-8-6-5-7-9-23(12)17(13)25/h11H,4-9H2,1-3H3,(H2,20,22,24,27). The fraction of sp³-hybridized carbons (Fsp3) is 0.526. The highest BCUT2D eigenvalue weighted by molar-refractivity contribution is 7.20. The average molecular weight is 420 g/mol. The zero-order chi connectivity index (χ0) is 21.1. The van der Waals surface area contributed by atoms with Gasteiger partial charge in [-0.05, 0) is 39.2 Å². The van der Waals surface area contributed by atoms with E-state index in [0.29, 0.717) is 28.9 Å². The molecule has 2 aromatic heterocycles. The van der Waals surface area contributed by atoms with Gasteiger partial charge in [0.15, 0.2) is 6.10 Å². The Hall–Kier alpha value is -2.75. The molecule has 2 N–H and O–H groups in total. The van der Waals surface area contributed by atoms with Gasteiger partial charge < -0.3 is 10.1 Å². The summed E-state index contributed by atoms with van der Waals surface area (Å²) in [5.41, 5.74) is 0.366. The zero-order valence-corrected chi connectivity index (χ0v) is 17.5. The predicted molar refractivity (Wildman–Crippen MR) is 108 cm³/mol. The van der Waals surface area contributed by atoms with Gasteiger partial charge in [-0.25, -0.2) is 14.6 Å². The maximum atomic E-state index is 13.0. The number of thiophene rings is 1. The summed E-state index contributed by atoms with van der Waals surface area (Å²) < 4.78 is 6.92. The second kappa shape index (κ2) is 8.73. The van der Waals surface area contributed by atoms with Crippen molar-refractivity contribution in [3.8, 4) is 0 Å². The molecule has 1 atom stereocenters. The van der Waals surface area contributed by atoms with Crippen LogP contribution in [0.2, 0.25) is 0 Å². The highest BCUT2D eigenvalue weighted by Gasteiger charge is 2.26. The largest absolute Gasteiger partial charge is 0.448 e. The van der Waals surface area contributed by atoms with Gasteiger partial charge in [-0.2, -0.15) is 0 Å². The van der Waals surface area contributed by atoms with Gasteiger partial charge in [-0.1, -0.05) is 6.42 Å². The lowest BCUT2D eigenvalue weighted by Gasteiger charge is -2.12. The van der Waals surface area contributed by atoms with Gasteiger partial charge >= 0.3 is 12.0 Å². The fourth-order valence-electron chi connectivity index (χ4n) is 3.29. The first kappa shape index (κ1) is 21.0.